The monoisotopic (exact) mass is 259 g/mol. The molecule has 2 heterocycles. The van der Waals surface area contributed by atoms with Gasteiger partial charge < -0.3 is 9.73 Å². The van der Waals surface area contributed by atoms with Crippen LogP contribution in [0.25, 0.3) is 0 Å². The molecule has 0 aromatic carbocycles. The molecule has 1 N–H and O–H groups in total. The van der Waals surface area contributed by atoms with Gasteiger partial charge in [-0.15, -0.1) is 0 Å². The topological polar surface area (TPSA) is 118 Å². The molecule has 19 heavy (non-hydrogen) atoms. The molecule has 8 heteroatoms. The van der Waals surface area contributed by atoms with E-state index in [1.54, 1.807) is 19.2 Å². The van der Waals surface area contributed by atoms with Gasteiger partial charge in [-0.3, -0.25) is 10.1 Å². The van der Waals surface area contributed by atoms with Crippen molar-refractivity contribution in [3.05, 3.63) is 45.8 Å². The molecule has 0 saturated heterocycles. The van der Waals surface area contributed by atoms with Gasteiger partial charge in [-0.2, -0.15) is 5.26 Å². The predicted molar refractivity (Wildman–Crippen MR) is 64.2 cm³/mol. The molecule has 0 aliphatic carbocycles. The minimum absolute atomic E-state index is 0.237. The standard InChI is InChI=1S/C11H9N5O3/c1-7-5-14-11(19-7)6-13-10-3-2-9(16(17)18)8(4-12)15-10/h2-3,5H,6H2,1H3,(H,13,15). The second-order valence-corrected chi connectivity index (χ2v) is 3.65. The van der Waals surface area contributed by atoms with Gasteiger partial charge in [0.05, 0.1) is 17.7 Å². The van der Waals surface area contributed by atoms with Crippen LogP contribution in [0.2, 0.25) is 0 Å². The number of aromatic nitrogens is 2. The van der Waals surface area contributed by atoms with E-state index in [2.05, 4.69) is 15.3 Å². The number of pyridine rings is 1. The maximum Gasteiger partial charge on any atom is 0.305 e. The number of nitriles is 1. The van der Waals surface area contributed by atoms with Crippen molar-refractivity contribution in [1.82, 2.24) is 9.97 Å². The van der Waals surface area contributed by atoms with Crippen LogP contribution in [0.3, 0.4) is 0 Å². The van der Waals surface area contributed by atoms with Gasteiger partial charge in [-0.25, -0.2) is 9.97 Å². The highest BCUT2D eigenvalue weighted by molar-refractivity contribution is 5.50. The van der Waals surface area contributed by atoms with Crippen molar-refractivity contribution < 1.29 is 9.34 Å². The van der Waals surface area contributed by atoms with Crippen LogP contribution < -0.4 is 5.32 Å². The predicted octanol–water partition coefficient (Wildman–Crippen LogP) is 1.77. The molecule has 0 bridgehead atoms. The largest absolute Gasteiger partial charge is 0.444 e. The lowest BCUT2D eigenvalue weighted by Crippen LogP contribution is -2.04. The molecule has 0 spiro atoms. The number of anilines is 1. The molecule has 2 rings (SSSR count). The lowest BCUT2D eigenvalue weighted by atomic mass is 10.3. The van der Waals surface area contributed by atoms with Crippen molar-refractivity contribution in [2.45, 2.75) is 13.5 Å². The van der Waals surface area contributed by atoms with E-state index in [1.807, 2.05) is 0 Å². The Hall–Kier alpha value is -2.95. The molecule has 2 aromatic rings. The molecule has 8 nitrogen and oxygen atoms in total. The third-order valence-corrected chi connectivity index (χ3v) is 2.27. The number of oxazole rings is 1. The molecular weight excluding hydrogens is 250 g/mol. The van der Waals surface area contributed by atoms with E-state index in [-0.39, 0.29) is 17.9 Å². The van der Waals surface area contributed by atoms with E-state index in [9.17, 15) is 10.1 Å². The smallest absolute Gasteiger partial charge is 0.305 e. The zero-order valence-electron chi connectivity index (χ0n) is 9.95. The molecule has 96 valence electrons. The summed E-state index contributed by atoms with van der Waals surface area (Å²) in [5.41, 5.74) is -0.557. The Kier molecular flexibility index (Phi) is 3.38. The Bertz CT molecular complexity index is 659. The van der Waals surface area contributed by atoms with Gasteiger partial charge >= 0.3 is 5.69 Å². The van der Waals surface area contributed by atoms with Crippen molar-refractivity contribution in [2.75, 3.05) is 5.32 Å². The Balaban J connectivity index is 2.14. The van der Waals surface area contributed by atoms with Gasteiger partial charge in [0.15, 0.2) is 0 Å². The third-order valence-electron chi connectivity index (χ3n) is 2.27. The molecule has 0 radical (unpaired) electrons. The second kappa shape index (κ2) is 5.14. The summed E-state index contributed by atoms with van der Waals surface area (Å²) in [5, 5.41) is 22.3. The van der Waals surface area contributed by atoms with Crippen LogP contribution >= 0.6 is 0 Å². The molecule has 0 amide bonds. The summed E-state index contributed by atoms with van der Waals surface area (Å²) < 4.78 is 5.25. The summed E-state index contributed by atoms with van der Waals surface area (Å²) in [6.07, 6.45) is 1.58. The van der Waals surface area contributed by atoms with Crippen LogP contribution in [-0.2, 0) is 6.54 Å². The van der Waals surface area contributed by atoms with E-state index in [1.165, 1.54) is 12.1 Å². The highest BCUT2D eigenvalue weighted by atomic mass is 16.6. The fourth-order valence-electron chi connectivity index (χ4n) is 1.43. The maximum atomic E-state index is 10.6. The fraction of sp³-hybridized carbons (Fsp3) is 0.182. The second-order valence-electron chi connectivity index (χ2n) is 3.65. The van der Waals surface area contributed by atoms with E-state index >= 15 is 0 Å². The van der Waals surface area contributed by atoms with Crippen LogP contribution in [0.1, 0.15) is 17.3 Å². The Labute approximate surface area is 107 Å². The normalized spacial score (nSPS) is 9.89. The molecule has 0 aliphatic heterocycles. The molecule has 0 aliphatic rings. The van der Waals surface area contributed by atoms with Crippen molar-refractivity contribution in [3.8, 4) is 6.07 Å². The van der Waals surface area contributed by atoms with E-state index < -0.39 is 4.92 Å². The molecule has 0 saturated carbocycles. The van der Waals surface area contributed by atoms with Crippen LogP contribution in [0.5, 0.6) is 0 Å². The number of nitrogens with one attached hydrogen (secondary N) is 1. The average Bonchev–Trinajstić information content (AvgIpc) is 2.81. The number of rotatable bonds is 4. The molecule has 0 unspecified atom stereocenters. The van der Waals surface area contributed by atoms with Gasteiger partial charge in [-0.05, 0) is 13.0 Å². The maximum absolute atomic E-state index is 10.6. The lowest BCUT2D eigenvalue weighted by molar-refractivity contribution is -0.385. The van der Waals surface area contributed by atoms with Crippen molar-refractivity contribution in [3.63, 3.8) is 0 Å². The SMILES string of the molecule is Cc1cnc(CNc2ccc([N+](=O)[O-])c(C#N)n2)o1. The van der Waals surface area contributed by atoms with E-state index in [4.69, 9.17) is 9.68 Å². The third kappa shape index (κ3) is 2.84. The van der Waals surface area contributed by atoms with Crippen LogP contribution in [0.4, 0.5) is 11.5 Å². The summed E-state index contributed by atoms with van der Waals surface area (Å²) in [7, 11) is 0. The Morgan fingerprint density at radius 3 is 2.95 bits per heavy atom. The summed E-state index contributed by atoms with van der Waals surface area (Å²) in [6.45, 7) is 2.05. The minimum Gasteiger partial charge on any atom is -0.444 e. The van der Waals surface area contributed by atoms with Gasteiger partial charge in [0.25, 0.3) is 0 Å². The molecule has 2 aromatic heterocycles. The fourth-order valence-corrected chi connectivity index (χ4v) is 1.43. The summed E-state index contributed by atoms with van der Waals surface area (Å²) in [4.78, 5) is 17.8. The summed E-state index contributed by atoms with van der Waals surface area (Å²) in [6, 6.07) is 4.34. The Morgan fingerprint density at radius 2 is 2.37 bits per heavy atom. The van der Waals surface area contributed by atoms with Gasteiger partial charge in [0, 0.05) is 6.07 Å². The first kappa shape index (κ1) is 12.5. The number of nitro groups is 1. The van der Waals surface area contributed by atoms with Crippen LogP contribution in [-0.4, -0.2) is 14.9 Å². The number of hydrogen-bond acceptors (Lipinski definition) is 7. The van der Waals surface area contributed by atoms with Crippen molar-refractivity contribution in [2.24, 2.45) is 0 Å². The summed E-state index contributed by atoms with van der Waals surface area (Å²) in [5.74, 6) is 1.50. The zero-order valence-corrected chi connectivity index (χ0v) is 9.95. The van der Waals surface area contributed by atoms with Crippen LogP contribution in [0.15, 0.2) is 22.7 Å². The van der Waals surface area contributed by atoms with Crippen molar-refractivity contribution in [1.29, 1.82) is 5.26 Å². The van der Waals surface area contributed by atoms with E-state index in [0.717, 1.165) is 0 Å². The number of aryl methyl sites for hydroxylation is 1. The quantitative estimate of drug-likeness (QED) is 0.656. The van der Waals surface area contributed by atoms with Crippen LogP contribution in [0, 0.1) is 28.4 Å². The molecule has 0 atom stereocenters. The van der Waals surface area contributed by atoms with E-state index in [0.29, 0.717) is 17.5 Å². The number of hydrogen-bond donors (Lipinski definition) is 1. The first-order valence-electron chi connectivity index (χ1n) is 5.31. The first-order chi connectivity index (χ1) is 9.10. The zero-order chi connectivity index (χ0) is 13.8. The van der Waals surface area contributed by atoms with Crippen molar-refractivity contribution >= 4 is 11.5 Å². The van der Waals surface area contributed by atoms with Gasteiger partial charge in [-0.1, -0.05) is 0 Å². The minimum atomic E-state index is -0.646. The first-order valence-corrected chi connectivity index (χ1v) is 5.31. The molecule has 0 fully saturated rings. The average molecular weight is 259 g/mol. The Morgan fingerprint density at radius 1 is 1.58 bits per heavy atom. The highest BCUT2D eigenvalue weighted by Gasteiger charge is 2.15. The summed E-state index contributed by atoms with van der Waals surface area (Å²) >= 11 is 0. The van der Waals surface area contributed by atoms with Gasteiger partial charge in [0.1, 0.15) is 17.6 Å². The highest BCUT2D eigenvalue weighted by Crippen LogP contribution is 2.18. The lowest BCUT2D eigenvalue weighted by Gasteiger charge is -2.03. The molecular formula is C11H9N5O3. The number of nitrogens with zero attached hydrogens (tertiary/aromatic N) is 4. The van der Waals surface area contributed by atoms with Gasteiger partial charge in [0.2, 0.25) is 11.6 Å².